The van der Waals surface area contributed by atoms with Gasteiger partial charge in [0.2, 0.25) is 0 Å². The van der Waals surface area contributed by atoms with Crippen LogP contribution in [0.5, 0.6) is 0 Å². The third kappa shape index (κ3) is 2.56. The van der Waals surface area contributed by atoms with Gasteiger partial charge in [0.25, 0.3) is 5.91 Å². The van der Waals surface area contributed by atoms with Crippen molar-refractivity contribution in [2.75, 3.05) is 13.1 Å². The molecule has 0 spiro atoms. The molecule has 3 rings (SSSR count). The number of rotatable bonds is 3. The van der Waals surface area contributed by atoms with Crippen LogP contribution in [0.2, 0.25) is 0 Å². The van der Waals surface area contributed by atoms with Crippen LogP contribution in [0.1, 0.15) is 53.3 Å². The van der Waals surface area contributed by atoms with Gasteiger partial charge in [0.1, 0.15) is 5.82 Å². The van der Waals surface area contributed by atoms with Gasteiger partial charge in [0.05, 0.1) is 5.56 Å². The number of piperidine rings is 1. The molecule has 0 aromatic carbocycles. The second-order valence-corrected chi connectivity index (χ2v) is 6.07. The summed E-state index contributed by atoms with van der Waals surface area (Å²) in [6.07, 6.45) is 5.62. The van der Waals surface area contributed by atoms with E-state index in [0.29, 0.717) is 5.92 Å². The lowest BCUT2D eigenvalue weighted by molar-refractivity contribution is 0.0710. The maximum absolute atomic E-state index is 12.8. The quantitative estimate of drug-likeness (QED) is 0.947. The van der Waals surface area contributed by atoms with E-state index in [9.17, 15) is 4.79 Å². The summed E-state index contributed by atoms with van der Waals surface area (Å²) >= 11 is 0. The Balaban J connectivity index is 1.70. The zero-order valence-corrected chi connectivity index (χ0v) is 13.6. The molecule has 22 heavy (non-hydrogen) atoms. The molecule has 1 fully saturated rings. The number of nitrogens with zero attached hydrogens (tertiary/aromatic N) is 3. The molecule has 2 aromatic heterocycles. The molecule has 0 atom stereocenters. The summed E-state index contributed by atoms with van der Waals surface area (Å²) in [4.78, 5) is 22.3. The van der Waals surface area contributed by atoms with Crippen molar-refractivity contribution in [1.82, 2.24) is 19.4 Å². The molecular formula is C17H24N4O. The molecule has 1 aliphatic heterocycles. The van der Waals surface area contributed by atoms with Gasteiger partial charge in [-0.25, -0.2) is 4.98 Å². The van der Waals surface area contributed by atoms with Crippen molar-refractivity contribution in [2.45, 2.75) is 46.1 Å². The fourth-order valence-corrected chi connectivity index (χ4v) is 3.53. The second kappa shape index (κ2) is 5.99. The first kappa shape index (κ1) is 14.9. The molecule has 5 nitrogen and oxygen atoms in total. The lowest BCUT2D eigenvalue weighted by Gasteiger charge is -2.31. The third-order valence-corrected chi connectivity index (χ3v) is 4.81. The summed E-state index contributed by atoms with van der Waals surface area (Å²) in [7, 11) is 0. The van der Waals surface area contributed by atoms with Gasteiger partial charge in [-0.3, -0.25) is 4.79 Å². The van der Waals surface area contributed by atoms with E-state index in [1.54, 1.807) is 6.20 Å². The monoisotopic (exact) mass is 300 g/mol. The number of amides is 1. The predicted octanol–water partition coefficient (Wildman–Crippen LogP) is 2.87. The zero-order chi connectivity index (χ0) is 15.7. The van der Waals surface area contributed by atoms with Crippen LogP contribution in [0.15, 0.2) is 18.5 Å². The van der Waals surface area contributed by atoms with Crippen LogP contribution in [0.3, 0.4) is 0 Å². The van der Waals surface area contributed by atoms with Gasteiger partial charge in [0, 0.05) is 49.3 Å². The highest BCUT2D eigenvalue weighted by atomic mass is 16.2. The predicted molar refractivity (Wildman–Crippen MR) is 86.0 cm³/mol. The number of aromatic amines is 1. The van der Waals surface area contributed by atoms with Crippen LogP contribution in [0.4, 0.5) is 0 Å². The van der Waals surface area contributed by atoms with Crippen molar-refractivity contribution in [3.05, 3.63) is 41.2 Å². The SMILES string of the molecule is CCn1c(C)cc(C(=O)N2CCC(c3ncc[nH]3)CC2)c1C. The van der Waals surface area contributed by atoms with Crippen molar-refractivity contribution < 1.29 is 4.79 Å². The van der Waals surface area contributed by atoms with Crippen LogP contribution >= 0.6 is 0 Å². The highest BCUT2D eigenvalue weighted by Gasteiger charge is 2.27. The van der Waals surface area contributed by atoms with E-state index >= 15 is 0 Å². The summed E-state index contributed by atoms with van der Waals surface area (Å²) in [5, 5.41) is 0. The van der Waals surface area contributed by atoms with Gasteiger partial charge in [-0.05, 0) is 39.7 Å². The molecule has 1 aliphatic rings. The van der Waals surface area contributed by atoms with Crippen LogP contribution < -0.4 is 0 Å². The highest BCUT2D eigenvalue weighted by Crippen LogP contribution is 2.27. The fourth-order valence-electron chi connectivity index (χ4n) is 3.53. The van der Waals surface area contributed by atoms with Crippen molar-refractivity contribution >= 4 is 5.91 Å². The first-order valence-electron chi connectivity index (χ1n) is 8.07. The Morgan fingerprint density at radius 2 is 2.09 bits per heavy atom. The number of hydrogen-bond acceptors (Lipinski definition) is 2. The molecule has 1 N–H and O–H groups in total. The Bertz CT molecular complexity index is 649. The fraction of sp³-hybridized carbons (Fsp3) is 0.529. The molecule has 0 unspecified atom stereocenters. The molecule has 1 saturated heterocycles. The average Bonchev–Trinajstić information content (AvgIpc) is 3.15. The normalized spacial score (nSPS) is 16.2. The second-order valence-electron chi connectivity index (χ2n) is 6.07. The molecule has 3 heterocycles. The molecule has 0 saturated carbocycles. The van der Waals surface area contributed by atoms with Crippen molar-refractivity contribution in [3.8, 4) is 0 Å². The Morgan fingerprint density at radius 1 is 1.36 bits per heavy atom. The van der Waals surface area contributed by atoms with E-state index in [1.165, 1.54) is 0 Å². The molecule has 118 valence electrons. The van der Waals surface area contributed by atoms with Gasteiger partial charge in [-0.15, -0.1) is 0 Å². The van der Waals surface area contributed by atoms with Crippen LogP contribution in [-0.4, -0.2) is 38.4 Å². The summed E-state index contributed by atoms with van der Waals surface area (Å²) in [5.41, 5.74) is 3.10. The number of H-pyrrole nitrogens is 1. The lowest BCUT2D eigenvalue weighted by Crippen LogP contribution is -2.38. The minimum absolute atomic E-state index is 0.172. The number of carbonyl (C=O) groups is 1. The van der Waals surface area contributed by atoms with E-state index in [2.05, 4.69) is 28.4 Å². The maximum Gasteiger partial charge on any atom is 0.255 e. The van der Waals surface area contributed by atoms with Gasteiger partial charge in [-0.2, -0.15) is 0 Å². The Hall–Kier alpha value is -2.04. The van der Waals surface area contributed by atoms with E-state index in [4.69, 9.17) is 0 Å². The molecule has 0 radical (unpaired) electrons. The number of carbonyl (C=O) groups excluding carboxylic acids is 1. The highest BCUT2D eigenvalue weighted by molar-refractivity contribution is 5.95. The summed E-state index contributed by atoms with van der Waals surface area (Å²) < 4.78 is 2.20. The van der Waals surface area contributed by atoms with Crippen LogP contribution in [-0.2, 0) is 6.54 Å². The van der Waals surface area contributed by atoms with E-state index in [0.717, 1.165) is 55.3 Å². The molecular weight excluding hydrogens is 276 g/mol. The van der Waals surface area contributed by atoms with Gasteiger partial charge >= 0.3 is 0 Å². The average molecular weight is 300 g/mol. The Morgan fingerprint density at radius 3 is 2.64 bits per heavy atom. The van der Waals surface area contributed by atoms with E-state index < -0.39 is 0 Å². The first-order valence-corrected chi connectivity index (χ1v) is 8.07. The number of hydrogen-bond donors (Lipinski definition) is 1. The smallest absolute Gasteiger partial charge is 0.255 e. The van der Waals surface area contributed by atoms with E-state index in [1.807, 2.05) is 24.1 Å². The van der Waals surface area contributed by atoms with Crippen molar-refractivity contribution in [2.24, 2.45) is 0 Å². The molecule has 2 aromatic rings. The summed E-state index contributed by atoms with van der Waals surface area (Å²) in [6.45, 7) is 8.74. The first-order chi connectivity index (χ1) is 10.6. The molecule has 5 heteroatoms. The summed E-state index contributed by atoms with van der Waals surface area (Å²) in [6, 6.07) is 2.03. The van der Waals surface area contributed by atoms with E-state index in [-0.39, 0.29) is 5.91 Å². The number of nitrogens with one attached hydrogen (secondary N) is 1. The standard InChI is InChI=1S/C17H24N4O/c1-4-21-12(2)11-15(13(21)3)17(22)20-9-5-14(6-10-20)16-18-7-8-19-16/h7-8,11,14H,4-6,9-10H2,1-3H3,(H,18,19). The van der Waals surface area contributed by atoms with Gasteiger partial charge in [0.15, 0.2) is 0 Å². The number of likely N-dealkylation sites (tertiary alicyclic amines) is 1. The molecule has 0 aliphatic carbocycles. The largest absolute Gasteiger partial charge is 0.349 e. The minimum Gasteiger partial charge on any atom is -0.349 e. The molecule has 1 amide bonds. The zero-order valence-electron chi connectivity index (χ0n) is 13.6. The minimum atomic E-state index is 0.172. The summed E-state index contributed by atoms with van der Waals surface area (Å²) in [5.74, 6) is 1.67. The number of aryl methyl sites for hydroxylation is 1. The number of aromatic nitrogens is 3. The van der Waals surface area contributed by atoms with Gasteiger partial charge in [-0.1, -0.05) is 0 Å². The van der Waals surface area contributed by atoms with Crippen molar-refractivity contribution in [3.63, 3.8) is 0 Å². The number of imidazole rings is 1. The Labute approximate surface area is 131 Å². The lowest BCUT2D eigenvalue weighted by atomic mass is 9.95. The third-order valence-electron chi connectivity index (χ3n) is 4.81. The maximum atomic E-state index is 12.8. The molecule has 0 bridgehead atoms. The van der Waals surface area contributed by atoms with Crippen LogP contribution in [0.25, 0.3) is 0 Å². The van der Waals surface area contributed by atoms with Crippen molar-refractivity contribution in [1.29, 1.82) is 0 Å². The Kier molecular flexibility index (Phi) is 4.05. The topological polar surface area (TPSA) is 53.9 Å². The van der Waals surface area contributed by atoms with Crippen LogP contribution in [0, 0.1) is 13.8 Å². The van der Waals surface area contributed by atoms with Gasteiger partial charge < -0.3 is 14.5 Å².